The van der Waals surface area contributed by atoms with Crippen molar-refractivity contribution >= 4 is 17.8 Å². The second-order valence-electron chi connectivity index (χ2n) is 2.78. The molecule has 3 atom stereocenters. The lowest BCUT2D eigenvalue weighted by Gasteiger charge is -2.17. The van der Waals surface area contributed by atoms with Gasteiger partial charge in [-0.25, -0.2) is 0 Å². The van der Waals surface area contributed by atoms with E-state index in [1.54, 1.807) is 5.32 Å². The van der Waals surface area contributed by atoms with E-state index in [4.69, 9.17) is 21.8 Å². The van der Waals surface area contributed by atoms with E-state index in [1.807, 2.05) is 0 Å². The number of carboxylic acids is 1. The van der Waals surface area contributed by atoms with Crippen LogP contribution >= 0.6 is 0 Å². The van der Waals surface area contributed by atoms with Crippen LogP contribution in [0.4, 0.5) is 0 Å². The Morgan fingerprint density at radius 1 is 1.31 bits per heavy atom. The van der Waals surface area contributed by atoms with Gasteiger partial charge >= 0.3 is 5.97 Å². The van der Waals surface area contributed by atoms with Gasteiger partial charge in [-0.2, -0.15) is 0 Å². The van der Waals surface area contributed by atoms with Crippen molar-refractivity contribution in [1.29, 1.82) is 0 Å². The van der Waals surface area contributed by atoms with Gasteiger partial charge in [-0.1, -0.05) is 0 Å². The first kappa shape index (κ1) is 5.62. The third-order valence-corrected chi connectivity index (χ3v) is 1.45. The van der Waals surface area contributed by atoms with Gasteiger partial charge in [-0.15, -0.1) is 0 Å². The monoisotopic (exact) mass is 239 g/mol. The summed E-state index contributed by atoms with van der Waals surface area (Å²) >= 11 is 0. The Morgan fingerprint density at radius 3 is 2.38 bits per heavy atom. The van der Waals surface area contributed by atoms with E-state index in [2.05, 4.69) is 0 Å². The highest BCUT2D eigenvalue weighted by atomic mass is 16.4. The van der Waals surface area contributed by atoms with Crippen molar-refractivity contribution in [2.75, 3.05) is 0 Å². The molecule has 0 aromatic heterocycles. The highest BCUT2D eigenvalue weighted by Gasteiger charge is 2.21. The summed E-state index contributed by atoms with van der Waals surface area (Å²) in [7, 11) is 0. The third kappa shape index (κ3) is 4.74. The number of nitrogens with two attached hydrogens (primary N) is 1. The summed E-state index contributed by atoms with van der Waals surface area (Å²) in [6.45, 7) is -5.68. The molecular formula is C9H17N3O4. The molecule has 7 heteroatoms. The number of hydrogen-bond donors (Lipinski definition) is 4. The number of carbonyl (C=O) groups is 3. The van der Waals surface area contributed by atoms with E-state index in [0.717, 1.165) is 6.92 Å². The highest BCUT2D eigenvalue weighted by Crippen LogP contribution is 1.88. The SMILES string of the molecule is [2H]C([2H])([2H])[C@]([2H])(N)C(=O)N[C@@H](C)C(=O)N[C@]([2H])(C(=O)O)C([2H])([2H])[2H]. The second kappa shape index (κ2) is 6.06. The molecule has 0 rings (SSSR count). The zero-order valence-electron chi connectivity index (χ0n) is 16.3. The van der Waals surface area contributed by atoms with E-state index >= 15 is 0 Å². The largest absolute Gasteiger partial charge is 0.480 e. The van der Waals surface area contributed by atoms with Gasteiger partial charge in [-0.05, 0) is 20.6 Å². The van der Waals surface area contributed by atoms with Crippen LogP contribution in [0, 0.1) is 0 Å². The Hall–Kier alpha value is -1.63. The van der Waals surface area contributed by atoms with Gasteiger partial charge in [0.25, 0.3) is 0 Å². The summed E-state index contributed by atoms with van der Waals surface area (Å²) in [4.78, 5) is 34.5. The fourth-order valence-electron chi connectivity index (χ4n) is 0.625. The van der Waals surface area contributed by atoms with Gasteiger partial charge in [0, 0.05) is 8.22 Å². The molecule has 7 nitrogen and oxygen atoms in total. The predicted octanol–water partition coefficient (Wildman–Crippen LogP) is -1.57. The van der Waals surface area contributed by atoms with Crippen LogP contribution in [0.3, 0.4) is 0 Å². The molecule has 0 bridgehead atoms. The summed E-state index contributed by atoms with van der Waals surface area (Å²) in [5, 5.41) is 12.0. The minimum Gasteiger partial charge on any atom is -0.480 e. The molecular weight excluding hydrogens is 214 g/mol. The Kier molecular flexibility index (Phi) is 2.13. The van der Waals surface area contributed by atoms with Gasteiger partial charge in [0.15, 0.2) is 0 Å². The Bertz CT molecular complexity index is 532. The van der Waals surface area contributed by atoms with E-state index in [0.29, 0.717) is 0 Å². The minimum absolute atomic E-state index is 0.963. The zero-order chi connectivity index (χ0) is 19.7. The van der Waals surface area contributed by atoms with Crippen LogP contribution in [-0.4, -0.2) is 41.0 Å². The summed E-state index contributed by atoms with van der Waals surface area (Å²) in [5.41, 5.74) is 5.07. The lowest BCUT2D eigenvalue weighted by atomic mass is 10.2. The fourth-order valence-corrected chi connectivity index (χ4v) is 0.625. The molecule has 16 heavy (non-hydrogen) atoms. The maximum Gasteiger partial charge on any atom is 0.325 e. The first-order valence-electron chi connectivity index (χ1n) is 8.03. The molecule has 0 fully saturated rings. The fraction of sp³-hybridized carbons (Fsp3) is 0.667. The average Bonchev–Trinajstić information content (AvgIpc) is 2.35. The van der Waals surface area contributed by atoms with Gasteiger partial charge in [0.1, 0.15) is 12.1 Å². The topological polar surface area (TPSA) is 122 Å². The number of rotatable bonds is 5. The Labute approximate surface area is 105 Å². The normalized spacial score (nSPS) is 28.6. The average molecular weight is 239 g/mol. The molecule has 0 aromatic carbocycles. The van der Waals surface area contributed by atoms with E-state index in [-0.39, 0.29) is 0 Å². The summed E-state index contributed by atoms with van der Waals surface area (Å²) in [6.07, 6.45) is 0. The van der Waals surface area contributed by atoms with Crippen molar-refractivity contribution in [3.8, 4) is 0 Å². The lowest BCUT2D eigenvalue weighted by Crippen LogP contribution is -2.52. The quantitative estimate of drug-likeness (QED) is 0.461. The van der Waals surface area contributed by atoms with Gasteiger partial charge in [0.05, 0.1) is 8.76 Å². The molecule has 0 aliphatic rings. The van der Waals surface area contributed by atoms with Crippen molar-refractivity contribution in [2.24, 2.45) is 5.73 Å². The smallest absolute Gasteiger partial charge is 0.325 e. The van der Waals surface area contributed by atoms with Crippen molar-refractivity contribution in [2.45, 2.75) is 38.7 Å². The van der Waals surface area contributed by atoms with Crippen LogP contribution in [0.15, 0.2) is 0 Å². The van der Waals surface area contributed by atoms with Crippen LogP contribution in [0.2, 0.25) is 0 Å². The molecule has 0 saturated heterocycles. The van der Waals surface area contributed by atoms with Crippen molar-refractivity contribution in [3.63, 3.8) is 0 Å². The molecule has 0 saturated carbocycles. The molecule has 0 radical (unpaired) electrons. The van der Waals surface area contributed by atoms with Crippen LogP contribution in [-0.2, 0) is 14.4 Å². The Balaban J connectivity index is 5.22. The zero-order valence-corrected chi connectivity index (χ0v) is 8.33. The van der Waals surface area contributed by atoms with E-state index < -0.39 is 49.6 Å². The molecule has 2 amide bonds. The van der Waals surface area contributed by atoms with Crippen LogP contribution < -0.4 is 16.4 Å². The van der Waals surface area contributed by atoms with Crippen molar-refractivity contribution in [1.82, 2.24) is 10.6 Å². The third-order valence-electron chi connectivity index (χ3n) is 1.45. The molecule has 0 heterocycles. The van der Waals surface area contributed by atoms with Crippen LogP contribution in [0.25, 0.3) is 0 Å². The number of nitrogens with one attached hydrogen (secondary N) is 2. The van der Waals surface area contributed by atoms with Crippen LogP contribution in [0.5, 0.6) is 0 Å². The number of amides is 2. The number of hydrogen-bond acceptors (Lipinski definition) is 4. The first-order chi connectivity index (χ1) is 10.4. The molecule has 0 spiro atoms. The maximum atomic E-state index is 11.8. The highest BCUT2D eigenvalue weighted by molar-refractivity contribution is 5.91. The molecule has 0 unspecified atom stereocenters. The van der Waals surface area contributed by atoms with Gasteiger partial charge < -0.3 is 21.5 Å². The number of carboxylic acid groups (broad SMARTS) is 1. The first-order valence-corrected chi connectivity index (χ1v) is 4.03. The molecule has 0 aliphatic heterocycles. The van der Waals surface area contributed by atoms with E-state index in [9.17, 15) is 14.4 Å². The number of carbonyl (C=O) groups excluding carboxylic acids is 2. The molecule has 5 N–H and O–H groups in total. The molecule has 92 valence electrons. The summed E-state index contributed by atoms with van der Waals surface area (Å²) in [6, 6.07) is -8.12. The van der Waals surface area contributed by atoms with Crippen molar-refractivity contribution in [3.05, 3.63) is 0 Å². The standard InChI is InChI=1S/C9H17N3O4/c1-4(10)7(13)11-5(2)8(14)12-6(3)9(15)16/h4-6H,10H2,1-3H3,(H,11,13)(H,12,14)(H,15,16)/t4-,5-,6-/m0/s1/i1D3,3D3,4D,6D. The summed E-state index contributed by atoms with van der Waals surface area (Å²) in [5.74, 6) is -5.12. The second-order valence-corrected chi connectivity index (χ2v) is 2.78. The molecule has 0 aliphatic carbocycles. The van der Waals surface area contributed by atoms with E-state index in [1.165, 1.54) is 5.32 Å². The summed E-state index contributed by atoms with van der Waals surface area (Å²) < 4.78 is 56.7. The minimum atomic E-state index is -3.43. The van der Waals surface area contributed by atoms with Gasteiger partial charge in [-0.3, -0.25) is 14.4 Å². The van der Waals surface area contributed by atoms with Crippen molar-refractivity contribution < 1.29 is 30.5 Å². The maximum absolute atomic E-state index is 11.8. The predicted molar refractivity (Wildman–Crippen MR) is 56.5 cm³/mol. The van der Waals surface area contributed by atoms with Gasteiger partial charge in [0.2, 0.25) is 11.8 Å². The molecule has 0 aromatic rings. The number of aliphatic carboxylic acids is 1. The Morgan fingerprint density at radius 2 is 1.94 bits per heavy atom. The van der Waals surface area contributed by atoms with Crippen LogP contribution in [0.1, 0.15) is 31.6 Å². The lowest BCUT2D eigenvalue weighted by molar-refractivity contribution is -0.141.